The van der Waals surface area contributed by atoms with Gasteiger partial charge in [0, 0.05) is 24.4 Å². The van der Waals surface area contributed by atoms with Gasteiger partial charge >= 0.3 is 0 Å². The van der Waals surface area contributed by atoms with E-state index in [1.54, 1.807) is 0 Å². The molecule has 0 aliphatic carbocycles. The van der Waals surface area contributed by atoms with Gasteiger partial charge in [-0.25, -0.2) is 0 Å². The number of nitrogens with one attached hydrogen (secondary N) is 1. The van der Waals surface area contributed by atoms with Crippen molar-refractivity contribution >= 4 is 5.71 Å². The molecule has 0 aromatic carbocycles. The first-order valence-electron chi connectivity index (χ1n) is 19.8. The molecule has 0 radical (unpaired) electrons. The highest BCUT2D eigenvalue weighted by Crippen LogP contribution is 2.14. The molecule has 0 fully saturated rings. The van der Waals surface area contributed by atoms with Crippen LogP contribution in [-0.4, -0.2) is 31.3 Å². The van der Waals surface area contributed by atoms with E-state index in [2.05, 4.69) is 93.5 Å². The lowest BCUT2D eigenvalue weighted by Crippen LogP contribution is -2.17. The van der Waals surface area contributed by atoms with E-state index in [9.17, 15) is 0 Å². The number of rotatable bonds is 35. The van der Waals surface area contributed by atoms with Gasteiger partial charge in [-0.1, -0.05) is 146 Å². The Kier molecular flexibility index (Phi) is 36.1. The van der Waals surface area contributed by atoms with Crippen LogP contribution in [0, 0.1) is 0 Å². The van der Waals surface area contributed by atoms with Gasteiger partial charge in [-0.2, -0.15) is 5.10 Å². The minimum atomic E-state index is 0.944. The van der Waals surface area contributed by atoms with Crippen molar-refractivity contribution in [3.63, 3.8) is 0 Å². The summed E-state index contributed by atoms with van der Waals surface area (Å²) >= 11 is 0. The summed E-state index contributed by atoms with van der Waals surface area (Å²) < 4.78 is 0. The summed E-state index contributed by atoms with van der Waals surface area (Å²) in [4.78, 5) is 2.20. The van der Waals surface area contributed by atoms with Gasteiger partial charge in [-0.3, -0.25) is 5.43 Å². The van der Waals surface area contributed by atoms with Crippen LogP contribution >= 0.6 is 0 Å². The van der Waals surface area contributed by atoms with Crippen LogP contribution in [0.5, 0.6) is 0 Å². The highest BCUT2D eigenvalue weighted by Gasteiger charge is 2.03. The zero-order chi connectivity index (χ0) is 33.6. The lowest BCUT2D eigenvalue weighted by molar-refractivity contribution is 0.409. The normalized spacial score (nSPS) is 12.1. The van der Waals surface area contributed by atoms with Crippen LogP contribution in [0.1, 0.15) is 187 Å². The first-order valence-corrected chi connectivity index (χ1v) is 19.8. The first kappa shape index (κ1) is 44.1. The van der Waals surface area contributed by atoms with Crippen LogP contribution in [0.3, 0.4) is 0 Å². The molecule has 3 heteroatoms. The van der Waals surface area contributed by atoms with Crippen molar-refractivity contribution < 1.29 is 0 Å². The molecular weight excluding hydrogens is 558 g/mol. The largest absolute Gasteiger partial charge is 0.309 e. The van der Waals surface area contributed by atoms with E-state index in [1.807, 2.05) is 0 Å². The van der Waals surface area contributed by atoms with E-state index in [1.165, 1.54) is 147 Å². The standard InChI is InChI=1S/C43H79N3/c1-6-8-10-12-14-16-18-20-22-24-26-28-30-32-34-36-38-43(45-44-42(3)40-41-46(4)5)39-37-35-33-31-29-27-25-23-21-19-17-15-13-11-9-7-2/h14-17,20-23,44H,3,6-13,18-19,24-41H2,1-2,4-5H3/b16-14-,17-15-,22-20-,23-21-. The maximum Gasteiger partial charge on any atom is 0.0382 e. The number of hydrogen-bond acceptors (Lipinski definition) is 3. The summed E-state index contributed by atoms with van der Waals surface area (Å²) in [5.41, 5.74) is 5.67. The van der Waals surface area contributed by atoms with Gasteiger partial charge in [0.25, 0.3) is 0 Å². The fraction of sp³-hybridized carbons (Fsp3) is 0.744. The Morgan fingerprint density at radius 1 is 0.500 bits per heavy atom. The van der Waals surface area contributed by atoms with Crippen molar-refractivity contribution in [1.82, 2.24) is 10.3 Å². The molecule has 0 aromatic heterocycles. The van der Waals surface area contributed by atoms with Crippen LogP contribution in [0.15, 0.2) is 66.0 Å². The maximum absolute atomic E-state index is 4.84. The Labute approximate surface area is 289 Å². The number of hydrazone groups is 1. The zero-order valence-electron chi connectivity index (χ0n) is 31.5. The molecule has 0 unspecified atom stereocenters. The van der Waals surface area contributed by atoms with Crippen molar-refractivity contribution in [1.29, 1.82) is 0 Å². The van der Waals surface area contributed by atoms with E-state index in [0.29, 0.717) is 0 Å². The van der Waals surface area contributed by atoms with E-state index in [0.717, 1.165) is 44.3 Å². The Bertz CT molecular complexity index is 736. The van der Waals surface area contributed by atoms with Crippen LogP contribution in [-0.2, 0) is 0 Å². The van der Waals surface area contributed by atoms with E-state index >= 15 is 0 Å². The number of hydrogen-bond donors (Lipinski definition) is 1. The Balaban J connectivity index is 4.06. The molecule has 3 nitrogen and oxygen atoms in total. The van der Waals surface area contributed by atoms with Crippen LogP contribution in [0.2, 0.25) is 0 Å². The van der Waals surface area contributed by atoms with Gasteiger partial charge in [-0.05, 0) is 104 Å². The van der Waals surface area contributed by atoms with Crippen molar-refractivity contribution in [2.45, 2.75) is 187 Å². The second-order valence-electron chi connectivity index (χ2n) is 13.6. The van der Waals surface area contributed by atoms with E-state index < -0.39 is 0 Å². The molecule has 0 bridgehead atoms. The summed E-state index contributed by atoms with van der Waals surface area (Å²) in [6.07, 6.45) is 53.2. The smallest absolute Gasteiger partial charge is 0.0382 e. The van der Waals surface area contributed by atoms with Gasteiger partial charge in [0.05, 0.1) is 0 Å². The highest BCUT2D eigenvalue weighted by atomic mass is 15.3. The minimum Gasteiger partial charge on any atom is -0.309 e. The van der Waals surface area contributed by atoms with Gasteiger partial charge < -0.3 is 4.90 Å². The fourth-order valence-corrected chi connectivity index (χ4v) is 5.44. The van der Waals surface area contributed by atoms with Crippen LogP contribution < -0.4 is 5.43 Å². The molecule has 0 saturated carbocycles. The fourth-order valence-electron chi connectivity index (χ4n) is 5.44. The van der Waals surface area contributed by atoms with Crippen molar-refractivity contribution in [3.05, 3.63) is 60.9 Å². The molecule has 0 aromatic rings. The molecule has 0 saturated heterocycles. The first-order chi connectivity index (χ1) is 22.6. The molecule has 0 aliphatic heterocycles. The second-order valence-corrected chi connectivity index (χ2v) is 13.6. The quantitative estimate of drug-likeness (QED) is 0.0324. The molecule has 46 heavy (non-hydrogen) atoms. The maximum atomic E-state index is 4.84. The Morgan fingerprint density at radius 2 is 0.870 bits per heavy atom. The van der Waals surface area contributed by atoms with Gasteiger partial charge in [0.15, 0.2) is 0 Å². The number of allylic oxidation sites excluding steroid dienone is 8. The van der Waals surface area contributed by atoms with Gasteiger partial charge in [0.1, 0.15) is 0 Å². The average Bonchev–Trinajstić information content (AvgIpc) is 3.05. The third kappa shape index (κ3) is 36.6. The third-order valence-corrected chi connectivity index (χ3v) is 8.56. The van der Waals surface area contributed by atoms with Crippen molar-refractivity contribution in [3.8, 4) is 0 Å². The Morgan fingerprint density at radius 3 is 1.26 bits per heavy atom. The molecule has 0 atom stereocenters. The summed E-state index contributed by atoms with van der Waals surface area (Å²) in [6.45, 7) is 9.74. The van der Waals surface area contributed by atoms with E-state index in [-0.39, 0.29) is 0 Å². The molecule has 0 amide bonds. The second kappa shape index (κ2) is 37.6. The molecule has 266 valence electrons. The zero-order valence-corrected chi connectivity index (χ0v) is 31.5. The molecule has 1 N–H and O–H groups in total. The molecule has 0 aliphatic rings. The topological polar surface area (TPSA) is 27.6 Å². The number of unbranched alkanes of at least 4 members (excludes halogenated alkanes) is 18. The lowest BCUT2D eigenvalue weighted by Gasteiger charge is -2.12. The van der Waals surface area contributed by atoms with E-state index in [4.69, 9.17) is 5.10 Å². The lowest BCUT2D eigenvalue weighted by atomic mass is 10.0. The molecule has 0 rings (SSSR count). The summed E-state index contributed by atoms with van der Waals surface area (Å²) in [7, 11) is 4.22. The van der Waals surface area contributed by atoms with Crippen molar-refractivity contribution in [2.24, 2.45) is 5.10 Å². The SMILES string of the molecule is C=C(CCN(C)C)NN=C(CCCCCCCC/C=C\C/C=C\CCCCC)CCCCCCCC/C=C\C/C=C\CCCCC. The Hall–Kier alpha value is -1.87. The number of nitrogens with zero attached hydrogens (tertiary/aromatic N) is 2. The highest BCUT2D eigenvalue weighted by molar-refractivity contribution is 5.84. The van der Waals surface area contributed by atoms with Crippen LogP contribution in [0.25, 0.3) is 0 Å². The molecule has 0 heterocycles. The predicted octanol–water partition coefficient (Wildman–Crippen LogP) is 13.8. The van der Waals surface area contributed by atoms with Gasteiger partial charge in [-0.15, -0.1) is 0 Å². The molecular formula is C43H79N3. The summed E-state index contributed by atoms with van der Waals surface area (Å²) in [6, 6.07) is 0. The average molecular weight is 638 g/mol. The molecule has 0 spiro atoms. The monoisotopic (exact) mass is 638 g/mol. The van der Waals surface area contributed by atoms with Crippen LogP contribution in [0.4, 0.5) is 0 Å². The minimum absolute atomic E-state index is 0.944. The summed E-state index contributed by atoms with van der Waals surface area (Å²) in [5.74, 6) is 0. The predicted molar refractivity (Wildman–Crippen MR) is 211 cm³/mol. The third-order valence-electron chi connectivity index (χ3n) is 8.56. The van der Waals surface area contributed by atoms with Gasteiger partial charge in [0.2, 0.25) is 0 Å². The van der Waals surface area contributed by atoms with Crippen molar-refractivity contribution in [2.75, 3.05) is 20.6 Å². The summed E-state index contributed by atoms with van der Waals surface area (Å²) in [5, 5.41) is 4.84.